The van der Waals surface area contributed by atoms with E-state index >= 15 is 0 Å². The molecular formula is C13H16F3N3OS2. The van der Waals surface area contributed by atoms with Gasteiger partial charge in [-0.25, -0.2) is 9.19 Å². The number of alkyl halides is 3. The van der Waals surface area contributed by atoms with Crippen LogP contribution in [0, 0.1) is 5.92 Å². The molecule has 9 heteroatoms. The Labute approximate surface area is 131 Å². The molecule has 0 saturated heterocycles. The van der Waals surface area contributed by atoms with Gasteiger partial charge in [-0.15, -0.1) is 11.3 Å². The maximum absolute atomic E-state index is 12.5. The topological polar surface area (TPSA) is 54.7 Å². The third-order valence-electron chi connectivity index (χ3n) is 3.03. The Morgan fingerprint density at radius 2 is 2.23 bits per heavy atom. The van der Waals surface area contributed by atoms with Crippen LogP contribution >= 0.6 is 11.3 Å². The second-order valence-corrected chi connectivity index (χ2v) is 8.32. The number of rotatable bonds is 4. The van der Waals surface area contributed by atoms with E-state index in [0.29, 0.717) is 5.13 Å². The highest BCUT2D eigenvalue weighted by Gasteiger charge is 2.34. The molecule has 2 rings (SSSR count). The fraction of sp³-hybridized carbons (Fsp3) is 0.538. The molecule has 1 aliphatic rings. The summed E-state index contributed by atoms with van der Waals surface area (Å²) in [4.78, 5) is 7.65. The van der Waals surface area contributed by atoms with Gasteiger partial charge in [-0.05, 0) is 12.8 Å². The predicted molar refractivity (Wildman–Crippen MR) is 83.3 cm³/mol. The summed E-state index contributed by atoms with van der Waals surface area (Å²) < 4.78 is 54.0. The van der Waals surface area contributed by atoms with Crippen molar-refractivity contribution in [3.8, 4) is 0 Å². The Balaban J connectivity index is 2.06. The number of aliphatic imine (C=N–C) groups is 1. The fourth-order valence-corrected chi connectivity index (χ4v) is 4.70. The van der Waals surface area contributed by atoms with Crippen LogP contribution in [0.5, 0.6) is 0 Å². The molecule has 2 atom stereocenters. The highest BCUT2D eigenvalue weighted by molar-refractivity contribution is 7.93. The van der Waals surface area contributed by atoms with E-state index < -0.39 is 21.6 Å². The maximum Gasteiger partial charge on any atom is 0.432 e. The SMILES string of the molecule is CCc1csc(N=S(C)(=O)CC2C=NC(C(F)(F)F)=CC2)n1. The van der Waals surface area contributed by atoms with Crippen molar-refractivity contribution in [2.24, 2.45) is 15.3 Å². The molecule has 0 saturated carbocycles. The second kappa shape index (κ2) is 6.49. The maximum atomic E-state index is 12.5. The van der Waals surface area contributed by atoms with Crippen LogP contribution in [0.4, 0.5) is 18.3 Å². The first-order chi connectivity index (χ1) is 10.2. The van der Waals surface area contributed by atoms with Crippen molar-refractivity contribution in [3.63, 3.8) is 0 Å². The smallest absolute Gasteiger partial charge is 0.256 e. The first kappa shape index (κ1) is 17.1. The van der Waals surface area contributed by atoms with Crippen LogP contribution in [-0.4, -0.2) is 33.6 Å². The van der Waals surface area contributed by atoms with Crippen molar-refractivity contribution >= 4 is 32.4 Å². The number of hydrogen-bond acceptors (Lipinski definition) is 5. The summed E-state index contributed by atoms with van der Waals surface area (Å²) in [6.07, 6.45) is 0.265. The number of hydrogen-bond donors (Lipinski definition) is 0. The van der Waals surface area contributed by atoms with E-state index in [9.17, 15) is 17.4 Å². The lowest BCUT2D eigenvalue weighted by Crippen LogP contribution is -2.20. The van der Waals surface area contributed by atoms with Crippen molar-refractivity contribution < 1.29 is 17.4 Å². The van der Waals surface area contributed by atoms with Crippen molar-refractivity contribution in [3.05, 3.63) is 22.8 Å². The molecule has 0 amide bonds. The molecular weight excluding hydrogens is 335 g/mol. The Kier molecular flexibility index (Phi) is 5.06. The van der Waals surface area contributed by atoms with Crippen LogP contribution in [0.25, 0.3) is 0 Å². The summed E-state index contributed by atoms with van der Waals surface area (Å²) in [5.74, 6) is -0.142. The van der Waals surface area contributed by atoms with E-state index in [2.05, 4.69) is 14.3 Å². The molecule has 1 aromatic rings. The molecule has 22 heavy (non-hydrogen) atoms. The van der Waals surface area contributed by atoms with Gasteiger partial charge in [0, 0.05) is 29.5 Å². The van der Waals surface area contributed by atoms with E-state index in [1.54, 1.807) is 0 Å². The van der Waals surface area contributed by atoms with Gasteiger partial charge in [0.05, 0.1) is 15.4 Å². The van der Waals surface area contributed by atoms with Gasteiger partial charge in [0.1, 0.15) is 5.70 Å². The molecule has 0 fully saturated rings. The van der Waals surface area contributed by atoms with Crippen LogP contribution in [0.15, 0.2) is 26.5 Å². The van der Waals surface area contributed by atoms with Gasteiger partial charge < -0.3 is 0 Å². The number of halogens is 3. The van der Waals surface area contributed by atoms with E-state index in [1.807, 2.05) is 12.3 Å². The molecule has 2 heterocycles. The summed E-state index contributed by atoms with van der Waals surface area (Å²) >= 11 is 1.32. The molecule has 1 aromatic heterocycles. The van der Waals surface area contributed by atoms with E-state index in [-0.39, 0.29) is 18.1 Å². The van der Waals surface area contributed by atoms with Gasteiger partial charge >= 0.3 is 6.18 Å². The molecule has 0 aliphatic carbocycles. The summed E-state index contributed by atoms with van der Waals surface area (Å²) in [6, 6.07) is 0. The molecule has 0 N–H and O–H groups in total. The Morgan fingerprint density at radius 3 is 2.73 bits per heavy atom. The zero-order chi connectivity index (χ0) is 16.4. The van der Waals surface area contributed by atoms with Crippen LogP contribution < -0.4 is 0 Å². The normalized spacial score (nSPS) is 21.3. The fourth-order valence-electron chi connectivity index (χ4n) is 1.96. The van der Waals surface area contributed by atoms with Crippen molar-refractivity contribution in [1.82, 2.24) is 4.98 Å². The average Bonchev–Trinajstić information content (AvgIpc) is 2.84. The van der Waals surface area contributed by atoms with Crippen molar-refractivity contribution in [2.45, 2.75) is 25.9 Å². The van der Waals surface area contributed by atoms with Gasteiger partial charge in [-0.3, -0.25) is 4.99 Å². The van der Waals surface area contributed by atoms with Gasteiger partial charge in [0.15, 0.2) is 0 Å². The molecule has 0 aromatic carbocycles. The standard InChI is InChI=1S/C13H16F3N3OS2/c1-3-10-7-21-12(18-10)19-22(2,20)8-9-4-5-11(17-6-9)13(14,15)16/h5-7,9H,3-4,8H2,1-2H3. The highest BCUT2D eigenvalue weighted by atomic mass is 32.2. The summed E-state index contributed by atoms with van der Waals surface area (Å²) in [5.41, 5.74) is -0.00765. The Hall–Kier alpha value is -1.22. The highest BCUT2D eigenvalue weighted by Crippen LogP contribution is 2.30. The quantitative estimate of drug-likeness (QED) is 0.824. The summed E-state index contributed by atoms with van der Waals surface area (Å²) in [5, 5.41) is 2.30. The largest absolute Gasteiger partial charge is 0.432 e. The number of thiazole rings is 1. The van der Waals surface area contributed by atoms with Crippen LogP contribution in [0.3, 0.4) is 0 Å². The lowest BCUT2D eigenvalue weighted by Gasteiger charge is -2.17. The number of aryl methyl sites for hydroxylation is 1. The van der Waals surface area contributed by atoms with E-state index in [1.165, 1.54) is 23.8 Å². The van der Waals surface area contributed by atoms with Crippen LogP contribution in [0.1, 0.15) is 19.0 Å². The van der Waals surface area contributed by atoms with E-state index in [4.69, 9.17) is 0 Å². The minimum atomic E-state index is -4.43. The zero-order valence-electron chi connectivity index (χ0n) is 12.1. The molecule has 0 radical (unpaired) electrons. The van der Waals surface area contributed by atoms with E-state index in [0.717, 1.165) is 18.2 Å². The molecule has 2 unspecified atom stereocenters. The lowest BCUT2D eigenvalue weighted by molar-refractivity contribution is -0.0927. The molecule has 122 valence electrons. The monoisotopic (exact) mass is 351 g/mol. The Morgan fingerprint density at radius 1 is 1.50 bits per heavy atom. The van der Waals surface area contributed by atoms with Gasteiger partial charge in [-0.2, -0.15) is 17.5 Å². The number of nitrogens with zero attached hydrogens (tertiary/aromatic N) is 3. The second-order valence-electron chi connectivity index (χ2n) is 5.05. The Bertz CT molecular complexity index is 712. The summed E-state index contributed by atoms with van der Waals surface area (Å²) in [7, 11) is -2.56. The third-order valence-corrected chi connectivity index (χ3v) is 5.53. The first-order valence-electron chi connectivity index (χ1n) is 6.65. The molecule has 4 nitrogen and oxygen atoms in total. The lowest BCUT2D eigenvalue weighted by atomic mass is 10.1. The average molecular weight is 351 g/mol. The van der Waals surface area contributed by atoms with Gasteiger partial charge in [-0.1, -0.05) is 13.0 Å². The summed E-state index contributed by atoms with van der Waals surface area (Å²) in [6.45, 7) is 1.96. The van der Waals surface area contributed by atoms with Gasteiger partial charge in [0.25, 0.3) is 0 Å². The zero-order valence-corrected chi connectivity index (χ0v) is 13.8. The van der Waals surface area contributed by atoms with Crippen LogP contribution in [0.2, 0.25) is 0 Å². The minimum Gasteiger partial charge on any atom is -0.256 e. The molecule has 0 bridgehead atoms. The molecule has 0 spiro atoms. The molecule has 1 aliphatic heterocycles. The third kappa shape index (κ3) is 4.64. The van der Waals surface area contributed by atoms with Crippen LogP contribution in [-0.2, 0) is 16.1 Å². The first-order valence-corrected chi connectivity index (χ1v) is 9.62. The minimum absolute atomic E-state index is 0.163. The predicted octanol–water partition coefficient (Wildman–Crippen LogP) is 3.97. The van der Waals surface area contributed by atoms with Gasteiger partial charge in [0.2, 0.25) is 5.13 Å². The van der Waals surface area contributed by atoms with Crippen molar-refractivity contribution in [1.29, 1.82) is 0 Å². The van der Waals surface area contributed by atoms with Crippen molar-refractivity contribution in [2.75, 3.05) is 12.0 Å². The number of allylic oxidation sites excluding steroid dienone is 2. The number of aromatic nitrogens is 1.